The van der Waals surface area contributed by atoms with Crippen LogP contribution in [0.2, 0.25) is 0 Å². The smallest absolute Gasteiger partial charge is 0.0571 e. The number of nitrogens with one attached hydrogen (secondary N) is 1. The van der Waals surface area contributed by atoms with Crippen molar-refractivity contribution in [2.75, 3.05) is 6.54 Å². The molecule has 0 amide bonds. The Kier molecular flexibility index (Phi) is 4.47. The largest absolute Gasteiger partial charge is 0.309 e. The highest BCUT2D eigenvalue weighted by Gasteiger charge is 2.29. The fourth-order valence-corrected chi connectivity index (χ4v) is 2.94. The van der Waals surface area contributed by atoms with Crippen LogP contribution in [0.3, 0.4) is 0 Å². The van der Waals surface area contributed by atoms with Crippen molar-refractivity contribution in [3.63, 3.8) is 0 Å². The molecule has 0 aliphatic heterocycles. The maximum Gasteiger partial charge on any atom is 0.0571 e. The van der Waals surface area contributed by atoms with E-state index in [-0.39, 0.29) is 5.38 Å². The summed E-state index contributed by atoms with van der Waals surface area (Å²) in [6.07, 6.45) is 3.52. The molecule has 0 saturated carbocycles. The minimum atomic E-state index is 0.214. The van der Waals surface area contributed by atoms with Gasteiger partial charge in [0.15, 0.2) is 0 Å². The maximum absolute atomic E-state index is 6.42. The van der Waals surface area contributed by atoms with Crippen LogP contribution in [0, 0.1) is 5.92 Å². The highest BCUT2D eigenvalue weighted by Crippen LogP contribution is 2.34. The zero-order valence-corrected chi connectivity index (χ0v) is 11.5. The van der Waals surface area contributed by atoms with E-state index in [1.165, 1.54) is 24.0 Å². The number of benzene rings is 1. The molecule has 0 spiro atoms. The molecule has 0 fully saturated rings. The highest BCUT2D eigenvalue weighted by molar-refractivity contribution is 6.21. The minimum Gasteiger partial charge on any atom is -0.309 e. The summed E-state index contributed by atoms with van der Waals surface area (Å²) in [6.45, 7) is 5.62. The average Bonchev–Trinajstić information content (AvgIpc) is 2.60. The lowest BCUT2D eigenvalue weighted by Gasteiger charge is -2.17. The summed E-state index contributed by atoms with van der Waals surface area (Å²) in [5.41, 5.74) is 2.81. The van der Waals surface area contributed by atoms with Crippen LogP contribution in [0.25, 0.3) is 0 Å². The minimum absolute atomic E-state index is 0.214. The highest BCUT2D eigenvalue weighted by atomic mass is 35.5. The first-order valence-corrected chi connectivity index (χ1v) is 7.07. The summed E-state index contributed by atoms with van der Waals surface area (Å²) >= 11 is 6.42. The van der Waals surface area contributed by atoms with Gasteiger partial charge in [0.2, 0.25) is 0 Å². The Hall–Kier alpha value is -0.530. The Morgan fingerprint density at radius 2 is 2.12 bits per heavy atom. The van der Waals surface area contributed by atoms with Gasteiger partial charge >= 0.3 is 0 Å². The predicted molar refractivity (Wildman–Crippen MR) is 74.6 cm³/mol. The molecular weight excluding hydrogens is 230 g/mol. The van der Waals surface area contributed by atoms with Gasteiger partial charge in [-0.2, -0.15) is 0 Å². The molecule has 1 aromatic carbocycles. The third-order valence-corrected chi connectivity index (χ3v) is 3.90. The van der Waals surface area contributed by atoms with Crippen molar-refractivity contribution in [2.45, 2.75) is 44.5 Å². The molecule has 1 aliphatic rings. The summed E-state index contributed by atoms with van der Waals surface area (Å²) in [6, 6.07) is 8.96. The van der Waals surface area contributed by atoms with Crippen LogP contribution in [0.15, 0.2) is 24.3 Å². The Morgan fingerprint density at radius 1 is 1.35 bits per heavy atom. The van der Waals surface area contributed by atoms with Crippen LogP contribution in [-0.4, -0.2) is 11.9 Å². The van der Waals surface area contributed by atoms with Crippen LogP contribution in [0.5, 0.6) is 0 Å². The molecule has 0 aromatic heterocycles. The van der Waals surface area contributed by atoms with E-state index in [0.717, 1.165) is 18.9 Å². The molecule has 17 heavy (non-hydrogen) atoms. The molecule has 2 unspecified atom stereocenters. The first kappa shape index (κ1) is 12.9. The number of rotatable bonds is 5. The third-order valence-electron chi connectivity index (χ3n) is 3.49. The fourth-order valence-electron chi connectivity index (χ4n) is 2.55. The van der Waals surface area contributed by atoms with Crippen LogP contribution < -0.4 is 5.32 Å². The summed E-state index contributed by atoms with van der Waals surface area (Å²) in [4.78, 5) is 0. The van der Waals surface area contributed by atoms with Crippen molar-refractivity contribution in [3.8, 4) is 0 Å². The van der Waals surface area contributed by atoms with Gasteiger partial charge in [0.25, 0.3) is 0 Å². The molecular formula is C15H22ClN. The van der Waals surface area contributed by atoms with Gasteiger partial charge in [-0.05, 0) is 42.9 Å². The molecule has 1 aromatic rings. The molecule has 1 nitrogen and oxygen atoms in total. The van der Waals surface area contributed by atoms with Crippen molar-refractivity contribution in [2.24, 2.45) is 5.92 Å². The fraction of sp³-hybridized carbons (Fsp3) is 0.600. The van der Waals surface area contributed by atoms with E-state index in [0.29, 0.717) is 6.04 Å². The molecule has 2 rings (SSSR count). The van der Waals surface area contributed by atoms with Crippen molar-refractivity contribution in [1.82, 2.24) is 5.32 Å². The van der Waals surface area contributed by atoms with E-state index in [1.54, 1.807) is 0 Å². The lowest BCUT2D eigenvalue weighted by atomic mass is 10.1. The Balaban J connectivity index is 1.88. The summed E-state index contributed by atoms with van der Waals surface area (Å²) in [7, 11) is 0. The molecule has 1 N–H and O–H groups in total. The maximum atomic E-state index is 6.42. The molecule has 0 saturated heterocycles. The standard InChI is InChI=1S/C15H22ClN/c1-11(2)6-5-9-17-15-13-8-4-3-7-12(13)10-14(15)16/h3-4,7-8,11,14-15,17H,5-6,9-10H2,1-2H3. The van der Waals surface area contributed by atoms with Crippen molar-refractivity contribution < 1.29 is 0 Å². The van der Waals surface area contributed by atoms with E-state index in [4.69, 9.17) is 11.6 Å². The molecule has 2 atom stereocenters. The predicted octanol–water partition coefficient (Wildman–Crippen LogP) is 3.92. The van der Waals surface area contributed by atoms with Crippen LogP contribution in [0.4, 0.5) is 0 Å². The van der Waals surface area contributed by atoms with E-state index in [2.05, 4.69) is 43.4 Å². The van der Waals surface area contributed by atoms with E-state index in [9.17, 15) is 0 Å². The van der Waals surface area contributed by atoms with Crippen molar-refractivity contribution >= 4 is 11.6 Å². The molecule has 0 heterocycles. The van der Waals surface area contributed by atoms with E-state index < -0.39 is 0 Å². The average molecular weight is 252 g/mol. The van der Waals surface area contributed by atoms with Crippen LogP contribution in [-0.2, 0) is 6.42 Å². The third kappa shape index (κ3) is 3.23. The van der Waals surface area contributed by atoms with E-state index in [1.807, 2.05) is 0 Å². The van der Waals surface area contributed by atoms with E-state index >= 15 is 0 Å². The monoisotopic (exact) mass is 251 g/mol. The Bertz CT molecular complexity index is 362. The molecule has 0 bridgehead atoms. The Morgan fingerprint density at radius 3 is 2.88 bits per heavy atom. The van der Waals surface area contributed by atoms with Gasteiger partial charge in [-0.3, -0.25) is 0 Å². The number of hydrogen-bond acceptors (Lipinski definition) is 1. The normalized spacial score (nSPS) is 23.1. The molecule has 2 heteroatoms. The second kappa shape index (κ2) is 5.88. The number of alkyl halides is 1. The van der Waals surface area contributed by atoms with Gasteiger partial charge in [-0.25, -0.2) is 0 Å². The number of hydrogen-bond donors (Lipinski definition) is 1. The van der Waals surface area contributed by atoms with Crippen molar-refractivity contribution in [3.05, 3.63) is 35.4 Å². The molecule has 94 valence electrons. The van der Waals surface area contributed by atoms with Gasteiger partial charge in [0, 0.05) is 6.04 Å². The second-order valence-corrected chi connectivity index (χ2v) is 5.95. The lowest BCUT2D eigenvalue weighted by molar-refractivity contribution is 0.482. The second-order valence-electron chi connectivity index (χ2n) is 5.39. The first-order chi connectivity index (χ1) is 8.18. The zero-order chi connectivity index (χ0) is 12.3. The number of halogens is 1. The number of fused-ring (bicyclic) bond motifs is 1. The topological polar surface area (TPSA) is 12.0 Å². The lowest BCUT2D eigenvalue weighted by Crippen LogP contribution is -2.26. The summed E-state index contributed by atoms with van der Waals surface area (Å²) in [5, 5.41) is 3.83. The molecule has 1 aliphatic carbocycles. The van der Waals surface area contributed by atoms with Gasteiger partial charge in [0.05, 0.1) is 5.38 Å². The van der Waals surface area contributed by atoms with Crippen LogP contribution in [0.1, 0.15) is 43.9 Å². The van der Waals surface area contributed by atoms with Gasteiger partial charge in [-0.15, -0.1) is 11.6 Å². The quantitative estimate of drug-likeness (QED) is 0.618. The van der Waals surface area contributed by atoms with Gasteiger partial charge in [-0.1, -0.05) is 38.1 Å². The Labute approximate surface area is 110 Å². The van der Waals surface area contributed by atoms with Crippen molar-refractivity contribution in [1.29, 1.82) is 0 Å². The van der Waals surface area contributed by atoms with Crippen LogP contribution >= 0.6 is 11.6 Å². The zero-order valence-electron chi connectivity index (χ0n) is 10.7. The first-order valence-electron chi connectivity index (χ1n) is 6.63. The SMILES string of the molecule is CC(C)CCCNC1c2ccccc2CC1Cl. The van der Waals surface area contributed by atoms with Gasteiger partial charge in [0.1, 0.15) is 0 Å². The molecule has 0 radical (unpaired) electrons. The summed E-state index contributed by atoms with van der Waals surface area (Å²) in [5.74, 6) is 0.791. The summed E-state index contributed by atoms with van der Waals surface area (Å²) < 4.78 is 0. The van der Waals surface area contributed by atoms with Gasteiger partial charge < -0.3 is 5.32 Å².